The number of carbonyl (C=O) groups is 1. The summed E-state index contributed by atoms with van der Waals surface area (Å²) in [4.78, 5) is 16.9. The molecular formula is C23H18FN3OS. The summed E-state index contributed by atoms with van der Waals surface area (Å²) in [7, 11) is 0. The van der Waals surface area contributed by atoms with Gasteiger partial charge in [-0.2, -0.15) is 0 Å². The average molecular weight is 403 g/mol. The van der Waals surface area contributed by atoms with Crippen LogP contribution in [0.15, 0.2) is 78.2 Å². The number of nitrogens with one attached hydrogen (secondary N) is 2. The van der Waals surface area contributed by atoms with E-state index in [9.17, 15) is 9.18 Å². The molecule has 3 aromatic carbocycles. The number of thiazole rings is 1. The maximum absolute atomic E-state index is 13.0. The zero-order chi connectivity index (χ0) is 20.2. The van der Waals surface area contributed by atoms with Crippen LogP contribution in [0, 0.1) is 12.7 Å². The molecule has 2 N–H and O–H groups in total. The predicted octanol–water partition coefficient (Wildman–Crippen LogP) is 6.25. The highest BCUT2D eigenvalue weighted by Crippen LogP contribution is 2.28. The maximum Gasteiger partial charge on any atom is 0.255 e. The van der Waals surface area contributed by atoms with Crippen LogP contribution in [0.5, 0.6) is 0 Å². The number of anilines is 3. The van der Waals surface area contributed by atoms with Crippen molar-refractivity contribution in [2.24, 2.45) is 0 Å². The summed E-state index contributed by atoms with van der Waals surface area (Å²) in [5, 5.41) is 8.92. The van der Waals surface area contributed by atoms with Crippen LogP contribution in [0.2, 0.25) is 0 Å². The van der Waals surface area contributed by atoms with Gasteiger partial charge >= 0.3 is 0 Å². The Balaban J connectivity index is 1.42. The van der Waals surface area contributed by atoms with Crippen molar-refractivity contribution in [3.05, 3.63) is 95.1 Å². The minimum atomic E-state index is -0.370. The Labute approximate surface area is 172 Å². The van der Waals surface area contributed by atoms with Crippen LogP contribution in [-0.2, 0) is 0 Å². The summed E-state index contributed by atoms with van der Waals surface area (Å²) in [5.74, 6) is -0.651. The molecule has 0 spiro atoms. The highest BCUT2D eigenvalue weighted by atomic mass is 32.1. The van der Waals surface area contributed by atoms with Gasteiger partial charge < -0.3 is 10.6 Å². The molecule has 0 fully saturated rings. The fourth-order valence-electron chi connectivity index (χ4n) is 2.75. The van der Waals surface area contributed by atoms with Gasteiger partial charge in [0.05, 0.1) is 5.69 Å². The summed E-state index contributed by atoms with van der Waals surface area (Å²) >= 11 is 1.53. The molecule has 1 amide bonds. The fraction of sp³-hybridized carbons (Fsp3) is 0.0435. The lowest BCUT2D eigenvalue weighted by Crippen LogP contribution is -2.11. The van der Waals surface area contributed by atoms with Crippen LogP contribution >= 0.6 is 11.3 Å². The monoisotopic (exact) mass is 403 g/mol. The lowest BCUT2D eigenvalue weighted by atomic mass is 10.1. The van der Waals surface area contributed by atoms with Gasteiger partial charge in [0.1, 0.15) is 5.82 Å². The van der Waals surface area contributed by atoms with Crippen molar-refractivity contribution in [3.63, 3.8) is 0 Å². The summed E-state index contributed by atoms with van der Waals surface area (Å²) in [5.41, 5.74) is 5.09. The van der Waals surface area contributed by atoms with E-state index in [4.69, 9.17) is 0 Å². The first-order chi connectivity index (χ1) is 14.1. The molecule has 4 aromatic rings. The zero-order valence-electron chi connectivity index (χ0n) is 15.6. The Kier molecular flexibility index (Phi) is 5.35. The third-order valence-electron chi connectivity index (χ3n) is 4.35. The Morgan fingerprint density at radius 2 is 1.55 bits per heavy atom. The number of carbonyl (C=O) groups excluding carboxylic acids is 1. The van der Waals surface area contributed by atoms with E-state index in [2.05, 4.69) is 34.7 Å². The molecule has 1 aromatic heterocycles. The van der Waals surface area contributed by atoms with E-state index in [1.54, 1.807) is 0 Å². The number of halogens is 1. The molecule has 4 nitrogen and oxygen atoms in total. The highest BCUT2D eigenvalue weighted by molar-refractivity contribution is 7.14. The molecule has 0 aliphatic rings. The molecule has 0 atom stereocenters. The first kappa shape index (κ1) is 18.8. The SMILES string of the molecule is Cc1ccc(Nc2nc(-c3ccc(NC(=O)c4ccc(F)cc4)cc3)cs2)cc1. The molecule has 29 heavy (non-hydrogen) atoms. The Morgan fingerprint density at radius 3 is 2.24 bits per heavy atom. The van der Waals surface area contributed by atoms with Gasteiger partial charge in [-0.25, -0.2) is 9.37 Å². The van der Waals surface area contributed by atoms with Crippen LogP contribution < -0.4 is 10.6 Å². The number of benzene rings is 3. The molecule has 0 bridgehead atoms. The number of amides is 1. The van der Waals surface area contributed by atoms with Crippen molar-refractivity contribution < 1.29 is 9.18 Å². The van der Waals surface area contributed by atoms with Crippen LogP contribution in [0.3, 0.4) is 0 Å². The van der Waals surface area contributed by atoms with Crippen LogP contribution in [-0.4, -0.2) is 10.9 Å². The molecule has 6 heteroatoms. The third-order valence-corrected chi connectivity index (χ3v) is 5.11. The number of aromatic nitrogens is 1. The number of aryl methyl sites for hydroxylation is 1. The molecular weight excluding hydrogens is 385 g/mol. The molecule has 0 radical (unpaired) electrons. The van der Waals surface area contributed by atoms with Crippen LogP contribution in [0.1, 0.15) is 15.9 Å². The Hall–Kier alpha value is -3.51. The second-order valence-electron chi connectivity index (χ2n) is 6.57. The maximum atomic E-state index is 13.0. The van der Waals surface area contributed by atoms with Crippen molar-refractivity contribution in [2.75, 3.05) is 10.6 Å². The van der Waals surface area contributed by atoms with Crippen molar-refractivity contribution in [1.82, 2.24) is 4.98 Å². The summed E-state index contributed by atoms with van der Waals surface area (Å²) < 4.78 is 13.0. The summed E-state index contributed by atoms with van der Waals surface area (Å²) in [6, 6.07) is 21.1. The van der Waals surface area contributed by atoms with E-state index >= 15 is 0 Å². The van der Waals surface area contributed by atoms with Crippen molar-refractivity contribution in [3.8, 4) is 11.3 Å². The van der Waals surface area contributed by atoms with Crippen LogP contribution in [0.4, 0.5) is 20.9 Å². The molecule has 144 valence electrons. The normalized spacial score (nSPS) is 10.6. The largest absolute Gasteiger partial charge is 0.332 e. The van der Waals surface area contributed by atoms with E-state index in [1.807, 2.05) is 41.8 Å². The van der Waals surface area contributed by atoms with Crippen molar-refractivity contribution in [1.29, 1.82) is 0 Å². The van der Waals surface area contributed by atoms with E-state index in [0.29, 0.717) is 11.3 Å². The van der Waals surface area contributed by atoms with Gasteiger partial charge in [0.2, 0.25) is 0 Å². The van der Waals surface area contributed by atoms with Crippen molar-refractivity contribution >= 4 is 33.8 Å². The molecule has 0 saturated carbocycles. The second-order valence-corrected chi connectivity index (χ2v) is 7.43. The molecule has 0 unspecified atom stereocenters. The number of rotatable bonds is 5. The minimum Gasteiger partial charge on any atom is -0.332 e. The molecule has 0 saturated heterocycles. The van der Waals surface area contributed by atoms with Gasteiger partial charge in [-0.15, -0.1) is 11.3 Å². The fourth-order valence-corrected chi connectivity index (χ4v) is 3.49. The van der Waals surface area contributed by atoms with Gasteiger partial charge in [-0.1, -0.05) is 29.8 Å². The molecule has 0 aliphatic heterocycles. The first-order valence-corrected chi connectivity index (χ1v) is 9.91. The standard InChI is InChI=1S/C23H18FN3OS/c1-15-2-10-20(11-3-15)26-23-27-21(14-29-23)16-6-12-19(13-7-16)25-22(28)17-4-8-18(24)9-5-17/h2-14H,1H3,(H,25,28)(H,26,27). The van der Waals surface area contributed by atoms with E-state index in [-0.39, 0.29) is 11.7 Å². The van der Waals surface area contributed by atoms with E-state index in [0.717, 1.165) is 22.1 Å². The lowest BCUT2D eigenvalue weighted by Gasteiger charge is -2.06. The molecule has 1 heterocycles. The van der Waals surface area contributed by atoms with Gasteiger partial charge in [0.25, 0.3) is 5.91 Å². The zero-order valence-corrected chi connectivity index (χ0v) is 16.5. The number of hydrogen-bond donors (Lipinski definition) is 2. The smallest absolute Gasteiger partial charge is 0.255 e. The summed E-state index contributed by atoms with van der Waals surface area (Å²) in [6.07, 6.45) is 0. The highest BCUT2D eigenvalue weighted by Gasteiger charge is 2.08. The lowest BCUT2D eigenvalue weighted by molar-refractivity contribution is 0.102. The van der Waals surface area contributed by atoms with E-state index < -0.39 is 0 Å². The Morgan fingerprint density at radius 1 is 0.897 bits per heavy atom. The van der Waals surface area contributed by atoms with Gasteiger partial charge in [-0.3, -0.25) is 4.79 Å². The second kappa shape index (κ2) is 8.24. The first-order valence-electron chi connectivity index (χ1n) is 9.03. The predicted molar refractivity (Wildman–Crippen MR) is 116 cm³/mol. The van der Waals surface area contributed by atoms with Crippen molar-refractivity contribution in [2.45, 2.75) is 6.92 Å². The molecule has 0 aliphatic carbocycles. The quantitative estimate of drug-likeness (QED) is 0.414. The average Bonchev–Trinajstić information content (AvgIpc) is 3.19. The van der Waals surface area contributed by atoms with Crippen LogP contribution in [0.25, 0.3) is 11.3 Å². The molecule has 4 rings (SSSR count). The van der Waals surface area contributed by atoms with Gasteiger partial charge in [-0.05, 0) is 55.5 Å². The van der Waals surface area contributed by atoms with Gasteiger partial charge in [0, 0.05) is 27.9 Å². The topological polar surface area (TPSA) is 54.0 Å². The Bertz CT molecular complexity index is 1120. The minimum absolute atomic E-state index is 0.281. The number of hydrogen-bond acceptors (Lipinski definition) is 4. The third kappa shape index (κ3) is 4.67. The number of nitrogens with zero attached hydrogens (tertiary/aromatic N) is 1. The van der Waals surface area contributed by atoms with E-state index in [1.165, 1.54) is 41.2 Å². The summed E-state index contributed by atoms with van der Waals surface area (Å²) in [6.45, 7) is 2.05. The van der Waals surface area contributed by atoms with Gasteiger partial charge in [0.15, 0.2) is 5.13 Å².